The lowest BCUT2D eigenvalue weighted by molar-refractivity contribution is -0.120. The number of nitrogens with one attached hydrogen (secondary N) is 2. The molecule has 1 heterocycles. The molecule has 0 aliphatic carbocycles. The smallest absolute Gasteiger partial charge is 0.352 e. The Hall–Kier alpha value is -1.78. The number of amides is 1. The van der Waals surface area contributed by atoms with Crippen LogP contribution in [0.3, 0.4) is 0 Å². The third kappa shape index (κ3) is 2.62. The molecule has 1 aromatic rings. The molecule has 76 valence electrons. The third-order valence-electron chi connectivity index (χ3n) is 1.77. The van der Waals surface area contributed by atoms with Gasteiger partial charge in [0.15, 0.2) is 0 Å². The standard InChI is InChI=1S/C9H12N2O3/c1-2-8(12)10-5-6-3-4-7(11-6)9(13)14/h3-4,11H,2,5H2,1H3,(H,10,12)(H,13,14). The summed E-state index contributed by atoms with van der Waals surface area (Å²) < 4.78 is 0. The minimum atomic E-state index is -1.00. The second-order valence-electron chi connectivity index (χ2n) is 2.83. The van der Waals surface area contributed by atoms with Crippen LogP contribution in [-0.2, 0) is 11.3 Å². The molecule has 1 amide bonds. The Bertz CT molecular complexity index is 344. The number of H-pyrrole nitrogens is 1. The first kappa shape index (κ1) is 10.3. The summed E-state index contributed by atoms with van der Waals surface area (Å²) in [5.74, 6) is -1.06. The normalized spacial score (nSPS) is 9.79. The first-order chi connectivity index (χ1) is 6.63. The number of carboxylic acid groups (broad SMARTS) is 1. The van der Waals surface area contributed by atoms with Crippen molar-refractivity contribution in [1.82, 2.24) is 10.3 Å². The van der Waals surface area contributed by atoms with E-state index >= 15 is 0 Å². The van der Waals surface area contributed by atoms with E-state index in [0.29, 0.717) is 18.7 Å². The molecule has 0 aromatic carbocycles. The lowest BCUT2D eigenvalue weighted by Crippen LogP contribution is -2.21. The number of aromatic carboxylic acids is 1. The van der Waals surface area contributed by atoms with Gasteiger partial charge in [0.2, 0.25) is 5.91 Å². The molecule has 0 radical (unpaired) electrons. The second kappa shape index (κ2) is 4.45. The van der Waals surface area contributed by atoms with E-state index < -0.39 is 5.97 Å². The number of aromatic nitrogens is 1. The van der Waals surface area contributed by atoms with E-state index in [1.165, 1.54) is 6.07 Å². The second-order valence-corrected chi connectivity index (χ2v) is 2.83. The number of aromatic amines is 1. The molecule has 0 fully saturated rings. The molecule has 5 nitrogen and oxygen atoms in total. The van der Waals surface area contributed by atoms with Crippen LogP contribution >= 0.6 is 0 Å². The van der Waals surface area contributed by atoms with Crippen molar-refractivity contribution >= 4 is 11.9 Å². The summed E-state index contributed by atoms with van der Waals surface area (Å²) in [5.41, 5.74) is 0.815. The van der Waals surface area contributed by atoms with Gasteiger partial charge in [0.1, 0.15) is 5.69 Å². The van der Waals surface area contributed by atoms with Gasteiger partial charge >= 0.3 is 5.97 Å². The summed E-state index contributed by atoms with van der Waals surface area (Å²) >= 11 is 0. The highest BCUT2D eigenvalue weighted by Crippen LogP contribution is 2.01. The predicted octanol–water partition coefficient (Wildman–Crippen LogP) is 0.739. The molecule has 0 aliphatic heterocycles. The molecule has 0 atom stereocenters. The summed E-state index contributed by atoms with van der Waals surface area (Å²) in [6, 6.07) is 3.11. The Morgan fingerprint density at radius 1 is 1.50 bits per heavy atom. The SMILES string of the molecule is CCC(=O)NCc1ccc(C(=O)O)[nH]1. The van der Waals surface area contributed by atoms with Crippen molar-refractivity contribution in [2.75, 3.05) is 0 Å². The molecule has 1 rings (SSSR count). The molecule has 3 N–H and O–H groups in total. The fourth-order valence-electron chi connectivity index (χ4n) is 0.987. The van der Waals surface area contributed by atoms with Crippen molar-refractivity contribution in [3.05, 3.63) is 23.5 Å². The highest BCUT2D eigenvalue weighted by atomic mass is 16.4. The van der Waals surface area contributed by atoms with E-state index in [2.05, 4.69) is 10.3 Å². The van der Waals surface area contributed by atoms with Crippen LogP contribution in [-0.4, -0.2) is 22.0 Å². The molecular weight excluding hydrogens is 184 g/mol. The predicted molar refractivity (Wildman–Crippen MR) is 49.9 cm³/mol. The van der Waals surface area contributed by atoms with Gasteiger partial charge in [-0.05, 0) is 12.1 Å². The zero-order valence-corrected chi connectivity index (χ0v) is 7.83. The first-order valence-electron chi connectivity index (χ1n) is 4.31. The maximum Gasteiger partial charge on any atom is 0.352 e. The number of hydrogen-bond donors (Lipinski definition) is 3. The van der Waals surface area contributed by atoms with Gasteiger partial charge in [-0.2, -0.15) is 0 Å². The number of hydrogen-bond acceptors (Lipinski definition) is 2. The van der Waals surface area contributed by atoms with Crippen molar-refractivity contribution < 1.29 is 14.7 Å². The highest BCUT2D eigenvalue weighted by Gasteiger charge is 2.05. The van der Waals surface area contributed by atoms with E-state index in [1.807, 2.05) is 0 Å². The van der Waals surface area contributed by atoms with Crippen LogP contribution in [0.15, 0.2) is 12.1 Å². The van der Waals surface area contributed by atoms with Crippen molar-refractivity contribution in [2.45, 2.75) is 19.9 Å². The number of rotatable bonds is 4. The molecule has 0 aliphatic rings. The molecular formula is C9H12N2O3. The minimum Gasteiger partial charge on any atom is -0.477 e. The maximum atomic E-state index is 10.9. The quantitative estimate of drug-likeness (QED) is 0.664. The topological polar surface area (TPSA) is 82.2 Å². The highest BCUT2D eigenvalue weighted by molar-refractivity contribution is 5.85. The van der Waals surface area contributed by atoms with Gasteiger partial charge in [0.25, 0.3) is 0 Å². The number of carbonyl (C=O) groups excluding carboxylic acids is 1. The van der Waals surface area contributed by atoms with E-state index in [4.69, 9.17) is 5.11 Å². The van der Waals surface area contributed by atoms with Gasteiger partial charge in [-0.15, -0.1) is 0 Å². The fourth-order valence-corrected chi connectivity index (χ4v) is 0.987. The Morgan fingerprint density at radius 2 is 2.21 bits per heavy atom. The lowest BCUT2D eigenvalue weighted by atomic mass is 10.4. The van der Waals surface area contributed by atoms with Crippen molar-refractivity contribution in [1.29, 1.82) is 0 Å². The van der Waals surface area contributed by atoms with Crippen LogP contribution < -0.4 is 5.32 Å². The first-order valence-corrected chi connectivity index (χ1v) is 4.31. The van der Waals surface area contributed by atoms with E-state index in [9.17, 15) is 9.59 Å². The molecule has 1 aromatic heterocycles. The summed E-state index contributed by atoms with van der Waals surface area (Å²) in [6.07, 6.45) is 0.423. The van der Waals surface area contributed by atoms with Crippen LogP contribution in [0.1, 0.15) is 29.5 Å². The van der Waals surface area contributed by atoms with E-state index in [-0.39, 0.29) is 11.6 Å². The van der Waals surface area contributed by atoms with Crippen LogP contribution in [0.5, 0.6) is 0 Å². The molecule has 0 spiro atoms. The molecule has 0 saturated heterocycles. The zero-order chi connectivity index (χ0) is 10.6. The van der Waals surface area contributed by atoms with Gasteiger partial charge in [-0.25, -0.2) is 4.79 Å². The Morgan fingerprint density at radius 3 is 2.71 bits per heavy atom. The summed E-state index contributed by atoms with van der Waals surface area (Å²) in [7, 11) is 0. The molecule has 0 saturated carbocycles. The summed E-state index contributed by atoms with van der Waals surface area (Å²) in [5, 5.41) is 11.2. The van der Waals surface area contributed by atoms with E-state index in [0.717, 1.165) is 0 Å². The van der Waals surface area contributed by atoms with Gasteiger partial charge in [-0.1, -0.05) is 6.92 Å². The average Bonchev–Trinajstić information content (AvgIpc) is 2.62. The Kier molecular flexibility index (Phi) is 3.28. The molecule has 0 unspecified atom stereocenters. The molecule has 14 heavy (non-hydrogen) atoms. The Labute approximate surface area is 81.1 Å². The summed E-state index contributed by atoms with van der Waals surface area (Å²) in [4.78, 5) is 24.1. The maximum absolute atomic E-state index is 10.9. The Balaban J connectivity index is 2.52. The van der Waals surface area contributed by atoms with Gasteiger partial charge < -0.3 is 15.4 Å². The van der Waals surface area contributed by atoms with Gasteiger partial charge in [0.05, 0.1) is 6.54 Å². The number of carbonyl (C=O) groups is 2. The van der Waals surface area contributed by atoms with Crippen LogP contribution in [0.4, 0.5) is 0 Å². The largest absolute Gasteiger partial charge is 0.477 e. The third-order valence-corrected chi connectivity index (χ3v) is 1.77. The van der Waals surface area contributed by atoms with Gasteiger partial charge in [-0.3, -0.25) is 4.79 Å². The van der Waals surface area contributed by atoms with Crippen molar-refractivity contribution in [3.8, 4) is 0 Å². The van der Waals surface area contributed by atoms with Crippen LogP contribution in [0.25, 0.3) is 0 Å². The van der Waals surface area contributed by atoms with Crippen LogP contribution in [0.2, 0.25) is 0 Å². The minimum absolute atomic E-state index is 0.0588. The van der Waals surface area contributed by atoms with Crippen LogP contribution in [0, 0.1) is 0 Å². The van der Waals surface area contributed by atoms with Crippen molar-refractivity contribution in [3.63, 3.8) is 0 Å². The zero-order valence-electron chi connectivity index (χ0n) is 7.83. The van der Waals surface area contributed by atoms with Crippen molar-refractivity contribution in [2.24, 2.45) is 0 Å². The fraction of sp³-hybridized carbons (Fsp3) is 0.333. The monoisotopic (exact) mass is 196 g/mol. The molecule has 0 bridgehead atoms. The average molecular weight is 196 g/mol. The van der Waals surface area contributed by atoms with E-state index in [1.54, 1.807) is 13.0 Å². The summed E-state index contributed by atoms with van der Waals surface area (Å²) in [6.45, 7) is 2.09. The van der Waals surface area contributed by atoms with Gasteiger partial charge in [0, 0.05) is 12.1 Å². The number of carboxylic acids is 1. The lowest BCUT2D eigenvalue weighted by Gasteiger charge is -2.00. The molecule has 5 heteroatoms.